The van der Waals surface area contributed by atoms with Gasteiger partial charge in [0.1, 0.15) is 0 Å². The number of aromatic nitrogens is 2. The van der Waals surface area contributed by atoms with E-state index in [1.807, 2.05) is 6.92 Å². The Kier molecular flexibility index (Phi) is 5.15. The lowest BCUT2D eigenvalue weighted by molar-refractivity contribution is -0.115. The minimum Gasteiger partial charge on any atom is -0.302 e. The molecule has 1 aromatic carbocycles. The van der Waals surface area contributed by atoms with Crippen molar-refractivity contribution >= 4 is 32.2 Å². The number of benzene rings is 1. The largest absolute Gasteiger partial charge is 0.302 e. The molecule has 0 unspecified atom stereocenters. The molecule has 2 heterocycles. The molecule has 134 valence electrons. The number of aryl methyl sites for hydroxylation is 1. The lowest BCUT2D eigenvalue weighted by Gasteiger charge is -2.02. The number of thiazole rings is 1. The SMILES string of the molecule is Cc1nc(NC(=O)Cc2ccncc2)sc1-c1ccc(S(C)(=O)=O)cc1. The first-order chi connectivity index (χ1) is 12.3. The van der Waals surface area contributed by atoms with E-state index in [4.69, 9.17) is 0 Å². The highest BCUT2D eigenvalue weighted by molar-refractivity contribution is 7.90. The van der Waals surface area contributed by atoms with Crippen LogP contribution in [-0.2, 0) is 21.1 Å². The van der Waals surface area contributed by atoms with Gasteiger partial charge >= 0.3 is 0 Å². The topological polar surface area (TPSA) is 89.0 Å². The molecule has 3 rings (SSSR count). The van der Waals surface area contributed by atoms with Gasteiger partial charge in [-0.05, 0) is 42.3 Å². The number of hydrogen-bond donors (Lipinski definition) is 1. The van der Waals surface area contributed by atoms with Crippen LogP contribution in [0, 0.1) is 6.92 Å². The minimum absolute atomic E-state index is 0.149. The van der Waals surface area contributed by atoms with E-state index in [9.17, 15) is 13.2 Å². The maximum atomic E-state index is 12.2. The van der Waals surface area contributed by atoms with Crippen LogP contribution in [-0.4, -0.2) is 30.5 Å². The first-order valence-electron chi connectivity index (χ1n) is 7.79. The van der Waals surface area contributed by atoms with E-state index < -0.39 is 9.84 Å². The molecule has 3 aromatic rings. The van der Waals surface area contributed by atoms with Gasteiger partial charge in [-0.1, -0.05) is 23.5 Å². The minimum atomic E-state index is -3.23. The predicted octanol–water partition coefficient (Wildman–Crippen LogP) is 3.10. The van der Waals surface area contributed by atoms with Gasteiger partial charge in [0.15, 0.2) is 15.0 Å². The fraction of sp³-hybridized carbons (Fsp3) is 0.167. The second-order valence-corrected chi connectivity index (χ2v) is 8.83. The molecule has 8 heteroatoms. The van der Waals surface area contributed by atoms with E-state index >= 15 is 0 Å². The zero-order valence-corrected chi connectivity index (χ0v) is 15.9. The molecule has 0 spiro atoms. The first-order valence-corrected chi connectivity index (χ1v) is 10.5. The number of hydrogen-bond acceptors (Lipinski definition) is 6. The number of nitrogens with zero attached hydrogens (tertiary/aromatic N) is 2. The van der Waals surface area contributed by atoms with Crippen molar-refractivity contribution in [1.82, 2.24) is 9.97 Å². The van der Waals surface area contributed by atoms with Gasteiger partial charge in [-0.2, -0.15) is 0 Å². The summed E-state index contributed by atoms with van der Waals surface area (Å²) in [5, 5.41) is 3.33. The fourth-order valence-electron chi connectivity index (χ4n) is 2.42. The van der Waals surface area contributed by atoms with E-state index in [2.05, 4.69) is 15.3 Å². The molecule has 0 bridgehead atoms. The summed E-state index contributed by atoms with van der Waals surface area (Å²) in [6.07, 6.45) is 4.72. The molecule has 1 N–H and O–H groups in total. The highest BCUT2D eigenvalue weighted by Gasteiger charge is 2.14. The van der Waals surface area contributed by atoms with Crippen molar-refractivity contribution in [3.05, 3.63) is 60.0 Å². The maximum Gasteiger partial charge on any atom is 0.230 e. The standard InChI is InChI=1S/C18H17N3O3S2/c1-12-17(14-3-5-15(6-4-14)26(2,23)24)25-18(20-12)21-16(22)11-13-7-9-19-10-8-13/h3-10H,11H2,1-2H3,(H,20,21,22). The fourth-order valence-corrected chi connectivity index (χ4v) is 4.04. The molecule has 0 saturated heterocycles. The normalized spacial score (nSPS) is 11.3. The number of nitrogens with one attached hydrogen (secondary N) is 1. The van der Waals surface area contributed by atoms with Crippen LogP contribution in [0.1, 0.15) is 11.3 Å². The zero-order valence-electron chi connectivity index (χ0n) is 14.3. The van der Waals surface area contributed by atoms with Gasteiger partial charge in [-0.3, -0.25) is 9.78 Å². The van der Waals surface area contributed by atoms with Crippen LogP contribution in [0.3, 0.4) is 0 Å². The van der Waals surface area contributed by atoms with Crippen LogP contribution < -0.4 is 5.32 Å². The van der Waals surface area contributed by atoms with Crippen molar-refractivity contribution in [2.75, 3.05) is 11.6 Å². The third-order valence-corrected chi connectivity index (χ3v) is 5.95. The molecule has 0 aliphatic rings. The maximum absolute atomic E-state index is 12.2. The number of rotatable bonds is 5. The Morgan fingerprint density at radius 1 is 1.12 bits per heavy atom. The van der Waals surface area contributed by atoms with Crippen molar-refractivity contribution in [2.45, 2.75) is 18.2 Å². The van der Waals surface area contributed by atoms with Crippen molar-refractivity contribution in [2.24, 2.45) is 0 Å². The summed E-state index contributed by atoms with van der Waals surface area (Å²) in [4.78, 5) is 21.7. The third kappa shape index (κ3) is 4.33. The molecule has 1 amide bonds. The molecule has 0 fully saturated rings. The number of carbonyl (C=O) groups excluding carboxylic acids is 1. The number of anilines is 1. The Balaban J connectivity index is 1.76. The van der Waals surface area contributed by atoms with Gasteiger partial charge in [0.05, 0.1) is 21.9 Å². The Morgan fingerprint density at radius 3 is 2.38 bits per heavy atom. The molecule has 2 aromatic heterocycles. The van der Waals surface area contributed by atoms with Crippen LogP contribution >= 0.6 is 11.3 Å². The van der Waals surface area contributed by atoms with Crippen molar-refractivity contribution < 1.29 is 13.2 Å². The summed E-state index contributed by atoms with van der Waals surface area (Å²) >= 11 is 1.36. The van der Waals surface area contributed by atoms with Crippen LogP contribution in [0.2, 0.25) is 0 Å². The van der Waals surface area contributed by atoms with Gasteiger partial charge in [-0.25, -0.2) is 13.4 Å². The smallest absolute Gasteiger partial charge is 0.230 e. The highest BCUT2D eigenvalue weighted by atomic mass is 32.2. The summed E-state index contributed by atoms with van der Waals surface area (Å²) in [5.41, 5.74) is 2.52. The van der Waals surface area contributed by atoms with E-state index in [1.54, 1.807) is 48.8 Å². The molecule has 0 atom stereocenters. The molecule has 0 aliphatic heterocycles. The number of carbonyl (C=O) groups is 1. The average molecular weight is 387 g/mol. The molecule has 26 heavy (non-hydrogen) atoms. The lowest BCUT2D eigenvalue weighted by atomic mass is 10.2. The van der Waals surface area contributed by atoms with Gasteiger partial charge in [0.25, 0.3) is 0 Å². The molecular weight excluding hydrogens is 370 g/mol. The molecule has 0 aliphatic carbocycles. The quantitative estimate of drug-likeness (QED) is 0.727. The van der Waals surface area contributed by atoms with E-state index in [1.165, 1.54) is 17.6 Å². The zero-order chi connectivity index (χ0) is 18.7. The van der Waals surface area contributed by atoms with Crippen LogP contribution in [0.15, 0.2) is 53.7 Å². The summed E-state index contributed by atoms with van der Waals surface area (Å²) in [5.74, 6) is -0.149. The Hall–Kier alpha value is -2.58. The second kappa shape index (κ2) is 7.35. The molecule has 0 saturated carbocycles. The molecule has 0 radical (unpaired) electrons. The van der Waals surface area contributed by atoms with Gasteiger partial charge < -0.3 is 5.32 Å². The van der Waals surface area contributed by atoms with Crippen LogP contribution in [0.4, 0.5) is 5.13 Å². The summed E-state index contributed by atoms with van der Waals surface area (Å²) in [6, 6.07) is 10.2. The second-order valence-electron chi connectivity index (χ2n) is 5.81. The molecular formula is C18H17N3O3S2. The summed E-state index contributed by atoms with van der Waals surface area (Å²) in [7, 11) is -3.23. The van der Waals surface area contributed by atoms with Crippen molar-refractivity contribution in [3.63, 3.8) is 0 Å². The van der Waals surface area contributed by atoms with Crippen molar-refractivity contribution in [3.8, 4) is 10.4 Å². The molecule has 6 nitrogen and oxygen atoms in total. The van der Waals surface area contributed by atoms with Gasteiger partial charge in [-0.15, -0.1) is 0 Å². The Morgan fingerprint density at radius 2 is 1.77 bits per heavy atom. The van der Waals surface area contributed by atoms with E-state index in [0.717, 1.165) is 21.7 Å². The van der Waals surface area contributed by atoms with E-state index in [-0.39, 0.29) is 17.2 Å². The summed E-state index contributed by atoms with van der Waals surface area (Å²) in [6.45, 7) is 1.86. The number of sulfone groups is 1. The number of amides is 1. The van der Waals surface area contributed by atoms with E-state index in [0.29, 0.717) is 5.13 Å². The first kappa shape index (κ1) is 18.2. The summed E-state index contributed by atoms with van der Waals surface area (Å²) < 4.78 is 23.1. The van der Waals surface area contributed by atoms with Crippen molar-refractivity contribution in [1.29, 1.82) is 0 Å². The highest BCUT2D eigenvalue weighted by Crippen LogP contribution is 2.33. The van der Waals surface area contributed by atoms with Gasteiger partial charge in [0, 0.05) is 18.6 Å². The monoisotopic (exact) mass is 387 g/mol. The third-order valence-electron chi connectivity index (χ3n) is 3.70. The lowest BCUT2D eigenvalue weighted by Crippen LogP contribution is -2.14. The average Bonchev–Trinajstić information content (AvgIpc) is 2.95. The van der Waals surface area contributed by atoms with Crippen LogP contribution in [0.5, 0.6) is 0 Å². The Bertz CT molecular complexity index is 1030. The van der Waals surface area contributed by atoms with Gasteiger partial charge in [0.2, 0.25) is 5.91 Å². The number of pyridine rings is 1. The predicted molar refractivity (Wildman–Crippen MR) is 102 cm³/mol. The van der Waals surface area contributed by atoms with Crippen LogP contribution in [0.25, 0.3) is 10.4 Å². The Labute approximate surface area is 155 Å².